The lowest BCUT2D eigenvalue weighted by molar-refractivity contribution is -0.0484. The predicted molar refractivity (Wildman–Crippen MR) is 89.0 cm³/mol. The minimum absolute atomic E-state index is 0.399. The molecule has 0 atom stereocenters. The molecule has 110 valence electrons. The van der Waals surface area contributed by atoms with Gasteiger partial charge in [0.05, 0.1) is 0 Å². The Morgan fingerprint density at radius 3 is 2.30 bits per heavy atom. The van der Waals surface area contributed by atoms with Crippen molar-refractivity contribution >= 4 is 15.9 Å². The topological polar surface area (TPSA) is 12.0 Å². The van der Waals surface area contributed by atoms with Gasteiger partial charge in [0, 0.05) is 16.4 Å². The molecule has 0 saturated heterocycles. The van der Waals surface area contributed by atoms with E-state index in [-0.39, 0.29) is 0 Å². The molecule has 1 aromatic rings. The summed E-state index contributed by atoms with van der Waals surface area (Å²) < 4.78 is 1.18. The molecule has 2 saturated carbocycles. The van der Waals surface area contributed by atoms with E-state index < -0.39 is 0 Å². The van der Waals surface area contributed by atoms with E-state index in [9.17, 15) is 0 Å². The lowest BCUT2D eigenvalue weighted by atomic mass is 9.43. The zero-order valence-electron chi connectivity index (χ0n) is 12.7. The van der Waals surface area contributed by atoms with Gasteiger partial charge in [0.15, 0.2) is 0 Å². The van der Waals surface area contributed by atoms with Crippen LogP contribution in [0.4, 0.5) is 0 Å². The van der Waals surface area contributed by atoms with Gasteiger partial charge in [0.25, 0.3) is 0 Å². The van der Waals surface area contributed by atoms with Crippen molar-refractivity contribution in [2.24, 2.45) is 11.3 Å². The van der Waals surface area contributed by atoms with Crippen molar-refractivity contribution in [3.8, 4) is 0 Å². The first-order chi connectivity index (χ1) is 9.54. The molecule has 3 rings (SSSR count). The molecule has 0 aromatic heterocycles. The van der Waals surface area contributed by atoms with Crippen molar-refractivity contribution in [1.82, 2.24) is 5.32 Å². The van der Waals surface area contributed by atoms with Crippen LogP contribution in [0.25, 0.3) is 0 Å². The molecule has 1 spiro atoms. The van der Waals surface area contributed by atoms with E-state index in [2.05, 4.69) is 59.4 Å². The number of hydrogen-bond acceptors (Lipinski definition) is 1. The average molecular weight is 336 g/mol. The highest BCUT2D eigenvalue weighted by Crippen LogP contribution is 2.64. The Kier molecular flexibility index (Phi) is 3.98. The molecule has 2 aliphatic rings. The highest BCUT2D eigenvalue weighted by Gasteiger charge is 2.57. The monoisotopic (exact) mass is 335 g/mol. The summed E-state index contributed by atoms with van der Waals surface area (Å²) >= 11 is 3.56. The number of hydrogen-bond donors (Lipinski definition) is 1. The van der Waals surface area contributed by atoms with Crippen LogP contribution in [0, 0.1) is 11.3 Å². The molecule has 0 aliphatic heterocycles. The fourth-order valence-corrected chi connectivity index (χ4v) is 4.51. The smallest absolute Gasteiger partial charge is 0.0175 e. The summed E-state index contributed by atoms with van der Waals surface area (Å²) in [5.74, 6) is 0.731. The van der Waals surface area contributed by atoms with Gasteiger partial charge in [0.1, 0.15) is 0 Å². The lowest BCUT2D eigenvalue weighted by Crippen LogP contribution is -2.57. The first kappa shape index (κ1) is 14.6. The van der Waals surface area contributed by atoms with Crippen LogP contribution in [-0.2, 0) is 5.41 Å². The Morgan fingerprint density at radius 1 is 1.15 bits per heavy atom. The molecule has 2 aliphatic carbocycles. The Bertz CT molecular complexity index is 451. The Morgan fingerprint density at radius 2 is 1.80 bits per heavy atom. The molecular weight excluding hydrogens is 310 g/mol. The highest BCUT2D eigenvalue weighted by atomic mass is 79.9. The van der Waals surface area contributed by atoms with Crippen LogP contribution in [0.2, 0.25) is 0 Å². The van der Waals surface area contributed by atoms with Gasteiger partial charge in [-0.3, -0.25) is 0 Å². The maximum atomic E-state index is 3.71. The molecule has 0 unspecified atom stereocenters. The van der Waals surface area contributed by atoms with E-state index in [1.54, 1.807) is 0 Å². The average Bonchev–Trinajstić information content (AvgIpc) is 2.31. The molecule has 2 fully saturated rings. The number of rotatable bonds is 5. The molecule has 0 radical (unpaired) electrons. The van der Waals surface area contributed by atoms with Gasteiger partial charge >= 0.3 is 0 Å². The van der Waals surface area contributed by atoms with E-state index in [0.29, 0.717) is 10.8 Å². The Hall–Kier alpha value is -0.340. The molecule has 1 aromatic carbocycles. The van der Waals surface area contributed by atoms with Crippen LogP contribution in [0.5, 0.6) is 0 Å². The van der Waals surface area contributed by atoms with Crippen molar-refractivity contribution in [3.63, 3.8) is 0 Å². The van der Waals surface area contributed by atoms with Gasteiger partial charge in [-0.15, -0.1) is 0 Å². The minimum Gasteiger partial charge on any atom is -0.316 e. The Balaban J connectivity index is 1.72. The number of nitrogens with one attached hydrogen (secondary N) is 1. The summed E-state index contributed by atoms with van der Waals surface area (Å²) in [5.41, 5.74) is 2.65. The Labute approximate surface area is 131 Å². The van der Waals surface area contributed by atoms with Gasteiger partial charge in [-0.2, -0.15) is 0 Å². The van der Waals surface area contributed by atoms with E-state index in [0.717, 1.165) is 19.0 Å². The molecule has 20 heavy (non-hydrogen) atoms. The van der Waals surface area contributed by atoms with Crippen LogP contribution >= 0.6 is 15.9 Å². The maximum absolute atomic E-state index is 3.71. The van der Waals surface area contributed by atoms with Crippen LogP contribution < -0.4 is 5.32 Å². The summed E-state index contributed by atoms with van der Waals surface area (Å²) in [6, 6.07) is 9.05. The fourth-order valence-electron chi connectivity index (χ4n) is 4.25. The SMILES string of the molecule is CC(C)CNCC1(c2ccc(Br)cc2)CC2(CCC2)C1. The van der Waals surface area contributed by atoms with E-state index in [1.807, 2.05) is 0 Å². The normalized spacial score (nSPS) is 22.6. The standard InChI is InChI=1S/C18H26BrN/c1-14(2)10-20-13-18(11-17(12-18)8-3-9-17)15-4-6-16(19)7-5-15/h4-7,14,20H,3,8-13H2,1-2H3. The summed E-state index contributed by atoms with van der Waals surface area (Å²) in [6.45, 7) is 6.85. The summed E-state index contributed by atoms with van der Waals surface area (Å²) in [7, 11) is 0. The predicted octanol–water partition coefficient (Wildman–Crippen LogP) is 4.90. The summed E-state index contributed by atoms with van der Waals surface area (Å²) in [4.78, 5) is 0. The minimum atomic E-state index is 0.399. The second kappa shape index (κ2) is 5.46. The molecule has 1 N–H and O–H groups in total. The fraction of sp³-hybridized carbons (Fsp3) is 0.667. The largest absolute Gasteiger partial charge is 0.316 e. The van der Waals surface area contributed by atoms with Crippen molar-refractivity contribution in [3.05, 3.63) is 34.3 Å². The van der Waals surface area contributed by atoms with Gasteiger partial charge in [-0.05, 0) is 61.3 Å². The van der Waals surface area contributed by atoms with Crippen LogP contribution in [-0.4, -0.2) is 13.1 Å². The molecule has 0 amide bonds. The van der Waals surface area contributed by atoms with Crippen molar-refractivity contribution in [2.45, 2.75) is 51.4 Å². The van der Waals surface area contributed by atoms with Crippen molar-refractivity contribution in [2.75, 3.05) is 13.1 Å². The van der Waals surface area contributed by atoms with Crippen LogP contribution in [0.15, 0.2) is 28.7 Å². The van der Waals surface area contributed by atoms with Gasteiger partial charge in [0.2, 0.25) is 0 Å². The van der Waals surface area contributed by atoms with Gasteiger partial charge in [-0.1, -0.05) is 48.3 Å². The van der Waals surface area contributed by atoms with E-state index >= 15 is 0 Å². The molecular formula is C18H26BrN. The van der Waals surface area contributed by atoms with E-state index in [4.69, 9.17) is 0 Å². The van der Waals surface area contributed by atoms with Gasteiger partial charge in [-0.25, -0.2) is 0 Å². The third-order valence-electron chi connectivity index (χ3n) is 5.31. The quantitative estimate of drug-likeness (QED) is 0.807. The maximum Gasteiger partial charge on any atom is 0.0175 e. The molecule has 1 nitrogen and oxygen atoms in total. The highest BCUT2D eigenvalue weighted by molar-refractivity contribution is 9.10. The number of benzene rings is 1. The van der Waals surface area contributed by atoms with Crippen LogP contribution in [0.1, 0.15) is 51.5 Å². The molecule has 0 heterocycles. The first-order valence-corrected chi connectivity index (χ1v) is 8.80. The third-order valence-corrected chi connectivity index (χ3v) is 5.84. The second-order valence-corrected chi connectivity index (χ2v) is 8.43. The second-order valence-electron chi connectivity index (χ2n) is 7.52. The zero-order valence-corrected chi connectivity index (χ0v) is 14.3. The van der Waals surface area contributed by atoms with E-state index in [1.165, 1.54) is 42.1 Å². The van der Waals surface area contributed by atoms with Crippen molar-refractivity contribution in [1.29, 1.82) is 0 Å². The van der Waals surface area contributed by atoms with Crippen molar-refractivity contribution < 1.29 is 0 Å². The lowest BCUT2D eigenvalue weighted by Gasteiger charge is -2.62. The van der Waals surface area contributed by atoms with Crippen LogP contribution in [0.3, 0.4) is 0 Å². The first-order valence-electron chi connectivity index (χ1n) is 8.01. The molecule has 2 heteroatoms. The molecule has 0 bridgehead atoms. The summed E-state index contributed by atoms with van der Waals surface area (Å²) in [5, 5.41) is 3.71. The summed E-state index contributed by atoms with van der Waals surface area (Å²) in [6.07, 6.45) is 7.18. The zero-order chi connectivity index (χ0) is 14.2. The third kappa shape index (κ3) is 2.69. The number of halogens is 1. The van der Waals surface area contributed by atoms with Gasteiger partial charge < -0.3 is 5.32 Å².